The van der Waals surface area contributed by atoms with Crippen molar-refractivity contribution in [2.24, 2.45) is 0 Å². The highest BCUT2D eigenvalue weighted by molar-refractivity contribution is 6.01. The van der Waals surface area contributed by atoms with E-state index >= 15 is 0 Å². The number of aromatic nitrogens is 3. The third-order valence-electron chi connectivity index (χ3n) is 3.57. The van der Waals surface area contributed by atoms with Crippen LogP contribution in [0.4, 0.5) is 5.82 Å². The van der Waals surface area contributed by atoms with E-state index in [0.717, 1.165) is 6.42 Å². The van der Waals surface area contributed by atoms with E-state index in [2.05, 4.69) is 15.0 Å². The Morgan fingerprint density at radius 2 is 2.12 bits per heavy atom. The maximum Gasteiger partial charge on any atom is 0.209 e. The number of fused-ring (bicyclic) bond motifs is 1. The maximum absolute atomic E-state index is 12.6. The van der Waals surface area contributed by atoms with Crippen molar-refractivity contribution >= 4 is 22.5 Å². The number of nitrogens with two attached hydrogens (primary N) is 1. The average Bonchev–Trinajstić information content (AvgIpc) is 3.04. The molecule has 0 radical (unpaired) electrons. The van der Waals surface area contributed by atoms with Gasteiger partial charge in [0.1, 0.15) is 17.8 Å². The van der Waals surface area contributed by atoms with Gasteiger partial charge >= 0.3 is 0 Å². The number of aryl methyl sites for hydroxylation is 1. The summed E-state index contributed by atoms with van der Waals surface area (Å²) in [5, 5.41) is 10.1. The second-order valence-corrected chi connectivity index (χ2v) is 5.29. The number of nitrogens with zero attached hydrogens (tertiary/aromatic N) is 4. The largest absolute Gasteiger partial charge is 0.448 e. The zero-order valence-electron chi connectivity index (χ0n) is 13.1. The van der Waals surface area contributed by atoms with Crippen molar-refractivity contribution < 1.29 is 9.21 Å². The first-order chi connectivity index (χ1) is 11.6. The van der Waals surface area contributed by atoms with Gasteiger partial charge in [-0.25, -0.2) is 15.0 Å². The Morgan fingerprint density at radius 3 is 2.88 bits per heavy atom. The van der Waals surface area contributed by atoms with Crippen LogP contribution < -0.4 is 5.73 Å². The summed E-state index contributed by atoms with van der Waals surface area (Å²) in [6.07, 6.45) is 2.74. The van der Waals surface area contributed by atoms with Crippen LogP contribution in [0.1, 0.15) is 41.5 Å². The number of ketones is 1. The van der Waals surface area contributed by atoms with E-state index in [4.69, 9.17) is 10.2 Å². The smallest absolute Gasteiger partial charge is 0.209 e. The lowest BCUT2D eigenvalue weighted by atomic mass is 10.0. The highest BCUT2D eigenvalue weighted by Gasteiger charge is 2.28. The van der Waals surface area contributed by atoms with Gasteiger partial charge in [0.2, 0.25) is 5.78 Å². The van der Waals surface area contributed by atoms with Crippen LogP contribution in [0, 0.1) is 11.3 Å². The number of nitrogen functional groups attached to an aromatic ring is 1. The summed E-state index contributed by atoms with van der Waals surface area (Å²) in [5.41, 5.74) is 6.61. The van der Waals surface area contributed by atoms with Crippen LogP contribution in [0.25, 0.3) is 10.9 Å². The van der Waals surface area contributed by atoms with E-state index in [0.29, 0.717) is 23.2 Å². The maximum atomic E-state index is 12.6. The van der Waals surface area contributed by atoms with Crippen molar-refractivity contribution in [3.63, 3.8) is 0 Å². The minimum absolute atomic E-state index is 0.0683. The third-order valence-corrected chi connectivity index (χ3v) is 3.57. The molecule has 2 N–H and O–H groups in total. The monoisotopic (exact) mass is 321 g/mol. The first-order valence-corrected chi connectivity index (χ1v) is 7.54. The van der Waals surface area contributed by atoms with Gasteiger partial charge in [-0.3, -0.25) is 4.79 Å². The Bertz CT molecular complexity index is 942. The van der Waals surface area contributed by atoms with Gasteiger partial charge in [0.05, 0.1) is 11.6 Å². The lowest BCUT2D eigenvalue weighted by Gasteiger charge is -2.08. The van der Waals surface area contributed by atoms with E-state index in [1.54, 1.807) is 18.2 Å². The molecule has 0 saturated heterocycles. The number of carbonyl (C=O) groups excluding carboxylic acids is 1. The van der Waals surface area contributed by atoms with Crippen LogP contribution in [0.3, 0.4) is 0 Å². The van der Waals surface area contributed by atoms with Crippen LogP contribution in [0.2, 0.25) is 0 Å². The molecule has 1 atom stereocenters. The number of hydrogen-bond donors (Lipinski definition) is 1. The molecule has 3 aromatic rings. The normalized spacial score (nSPS) is 12.0. The summed E-state index contributed by atoms with van der Waals surface area (Å²) in [6.45, 7) is 1.98. The van der Waals surface area contributed by atoms with E-state index in [1.807, 2.05) is 19.1 Å². The molecule has 0 aliphatic heterocycles. The summed E-state index contributed by atoms with van der Waals surface area (Å²) in [5.74, 6) is -0.916. The van der Waals surface area contributed by atoms with E-state index < -0.39 is 11.7 Å². The van der Waals surface area contributed by atoms with Crippen LogP contribution in [-0.2, 0) is 6.42 Å². The molecule has 1 aromatic carbocycles. The Kier molecular flexibility index (Phi) is 4.20. The van der Waals surface area contributed by atoms with Crippen molar-refractivity contribution in [3.05, 3.63) is 47.9 Å². The Balaban J connectivity index is 1.99. The van der Waals surface area contributed by atoms with Gasteiger partial charge in [-0.1, -0.05) is 19.1 Å². The van der Waals surface area contributed by atoms with E-state index in [-0.39, 0.29) is 17.3 Å². The number of para-hydroxylation sites is 1. The fourth-order valence-electron chi connectivity index (χ4n) is 2.38. The van der Waals surface area contributed by atoms with Gasteiger partial charge < -0.3 is 10.2 Å². The zero-order chi connectivity index (χ0) is 17.1. The van der Waals surface area contributed by atoms with Crippen molar-refractivity contribution in [1.82, 2.24) is 15.0 Å². The van der Waals surface area contributed by atoms with Crippen LogP contribution >= 0.6 is 0 Å². The molecular formula is C17H15N5O2. The average molecular weight is 321 g/mol. The second-order valence-electron chi connectivity index (χ2n) is 5.29. The molecule has 7 heteroatoms. The van der Waals surface area contributed by atoms with Crippen LogP contribution in [0.5, 0.6) is 0 Å². The lowest BCUT2D eigenvalue weighted by Crippen LogP contribution is -2.16. The fourth-order valence-corrected chi connectivity index (χ4v) is 2.38. The van der Waals surface area contributed by atoms with Crippen molar-refractivity contribution in [2.75, 3.05) is 5.73 Å². The molecule has 7 nitrogen and oxygen atoms in total. The Hall–Kier alpha value is -3.27. The number of benzene rings is 1. The number of Topliss-reactive ketones (excluding diaryl/α,β-unsaturated/α-hetero) is 1. The first kappa shape index (κ1) is 15.6. The highest BCUT2D eigenvalue weighted by atomic mass is 16.3. The number of nitriles is 1. The number of carbonyl (C=O) groups is 1. The zero-order valence-corrected chi connectivity index (χ0v) is 13.1. The van der Waals surface area contributed by atoms with Gasteiger partial charge in [0, 0.05) is 11.8 Å². The number of anilines is 1. The summed E-state index contributed by atoms with van der Waals surface area (Å²) in [4.78, 5) is 25.1. The van der Waals surface area contributed by atoms with Gasteiger partial charge in [0.15, 0.2) is 17.6 Å². The van der Waals surface area contributed by atoms with E-state index in [1.165, 1.54) is 6.26 Å². The molecule has 2 heterocycles. The molecular weight excluding hydrogens is 306 g/mol. The van der Waals surface area contributed by atoms with Gasteiger partial charge in [0.25, 0.3) is 0 Å². The summed E-state index contributed by atoms with van der Waals surface area (Å²) >= 11 is 0. The summed E-state index contributed by atoms with van der Waals surface area (Å²) in [7, 11) is 0. The molecule has 120 valence electrons. The van der Waals surface area contributed by atoms with E-state index in [9.17, 15) is 10.1 Å². The van der Waals surface area contributed by atoms with Crippen molar-refractivity contribution in [3.8, 4) is 6.07 Å². The van der Waals surface area contributed by atoms with Crippen molar-refractivity contribution in [2.45, 2.75) is 25.7 Å². The SMILES string of the molecule is CCCc1nc(C(=O)C(C#N)c2nc(N)c3ccccc3n2)co1. The molecule has 2 aromatic heterocycles. The van der Waals surface area contributed by atoms with Gasteiger partial charge in [-0.15, -0.1) is 0 Å². The standard InChI is InChI=1S/C17H15N5O2/c1-2-5-14-20-13(9-24-14)15(23)11(8-18)17-21-12-7-4-3-6-10(12)16(19)22-17/h3-4,6-7,9,11H,2,5H2,1H3,(H2,19,21,22). The lowest BCUT2D eigenvalue weighted by molar-refractivity contribution is 0.0971. The summed E-state index contributed by atoms with van der Waals surface area (Å²) < 4.78 is 5.24. The molecule has 0 fully saturated rings. The van der Waals surface area contributed by atoms with Gasteiger partial charge in [-0.05, 0) is 18.6 Å². The Morgan fingerprint density at radius 1 is 1.33 bits per heavy atom. The molecule has 0 amide bonds. The minimum atomic E-state index is -1.18. The molecule has 0 saturated carbocycles. The molecule has 0 aliphatic rings. The predicted octanol–water partition coefficient (Wildman–Crippen LogP) is 2.64. The summed E-state index contributed by atoms with van der Waals surface area (Å²) in [6, 6.07) is 9.10. The predicted molar refractivity (Wildman–Crippen MR) is 87.1 cm³/mol. The van der Waals surface area contributed by atoms with Crippen molar-refractivity contribution in [1.29, 1.82) is 5.26 Å². The number of hydrogen-bond acceptors (Lipinski definition) is 7. The first-order valence-electron chi connectivity index (χ1n) is 7.54. The fraction of sp³-hybridized carbons (Fsp3) is 0.235. The molecule has 0 aliphatic carbocycles. The molecule has 1 unspecified atom stereocenters. The molecule has 3 rings (SSSR count). The minimum Gasteiger partial charge on any atom is -0.448 e. The molecule has 24 heavy (non-hydrogen) atoms. The third kappa shape index (κ3) is 2.82. The van der Waals surface area contributed by atoms with Crippen LogP contribution in [-0.4, -0.2) is 20.7 Å². The number of rotatable bonds is 5. The highest BCUT2D eigenvalue weighted by Crippen LogP contribution is 2.23. The Labute approximate surface area is 138 Å². The van der Waals surface area contributed by atoms with Gasteiger partial charge in [-0.2, -0.15) is 5.26 Å². The molecule has 0 spiro atoms. The topological polar surface area (TPSA) is 119 Å². The quantitative estimate of drug-likeness (QED) is 0.717. The molecule has 0 bridgehead atoms. The second kappa shape index (κ2) is 6.46. The number of oxazole rings is 1. The van der Waals surface area contributed by atoms with Crippen LogP contribution in [0.15, 0.2) is 34.9 Å².